The summed E-state index contributed by atoms with van der Waals surface area (Å²) in [5.41, 5.74) is 3.63. The second-order valence-corrected chi connectivity index (χ2v) is 8.10. The highest BCUT2D eigenvalue weighted by Crippen LogP contribution is 2.25. The third-order valence-corrected chi connectivity index (χ3v) is 5.35. The first kappa shape index (κ1) is 19.2. The molecule has 4 aromatic rings. The molecule has 0 atom stereocenters. The predicted octanol–water partition coefficient (Wildman–Crippen LogP) is 5.24. The lowest BCUT2D eigenvalue weighted by atomic mass is 10.1. The second kappa shape index (κ2) is 8.06. The van der Waals surface area contributed by atoms with Crippen LogP contribution in [0.5, 0.6) is 0 Å². The van der Waals surface area contributed by atoms with Gasteiger partial charge in [-0.1, -0.05) is 35.3 Å². The molecule has 1 N–H and O–H groups in total. The fourth-order valence-corrected chi connectivity index (χ4v) is 3.45. The van der Waals surface area contributed by atoms with Crippen molar-refractivity contribution in [1.29, 1.82) is 0 Å². The van der Waals surface area contributed by atoms with Gasteiger partial charge >= 0.3 is 0 Å². The predicted molar refractivity (Wildman–Crippen MR) is 119 cm³/mol. The van der Waals surface area contributed by atoms with Crippen LogP contribution in [0.1, 0.15) is 16.1 Å². The van der Waals surface area contributed by atoms with Crippen molar-refractivity contribution in [2.45, 2.75) is 6.54 Å². The number of aromatic nitrogens is 3. The zero-order valence-electron chi connectivity index (χ0n) is 14.4. The Bertz CT molecular complexity index is 1160. The van der Waals surface area contributed by atoms with Gasteiger partial charge in [0.1, 0.15) is 5.15 Å². The lowest BCUT2D eigenvalue weighted by molar-refractivity contribution is 0.0950. The SMILES string of the molecule is O=C(NCc1c(-c2ccc(I)cc2)nc2ccc(Cl)nn12)c1ccc(Cl)cc1. The van der Waals surface area contributed by atoms with E-state index in [1.165, 1.54) is 0 Å². The number of nitrogens with one attached hydrogen (secondary N) is 1. The lowest BCUT2D eigenvalue weighted by Crippen LogP contribution is -2.24. The van der Waals surface area contributed by atoms with Gasteiger partial charge in [-0.15, -0.1) is 0 Å². The molecule has 0 aliphatic heterocycles. The van der Waals surface area contributed by atoms with Gasteiger partial charge in [0.2, 0.25) is 0 Å². The third kappa shape index (κ3) is 3.99. The fourth-order valence-electron chi connectivity index (χ4n) is 2.82. The van der Waals surface area contributed by atoms with Crippen molar-refractivity contribution in [3.63, 3.8) is 0 Å². The molecule has 0 aliphatic carbocycles. The van der Waals surface area contributed by atoms with Crippen LogP contribution in [0.3, 0.4) is 0 Å². The van der Waals surface area contributed by atoms with Crippen molar-refractivity contribution in [1.82, 2.24) is 19.9 Å². The third-order valence-electron chi connectivity index (χ3n) is 4.18. The van der Waals surface area contributed by atoms with E-state index in [9.17, 15) is 4.79 Å². The van der Waals surface area contributed by atoms with E-state index in [0.29, 0.717) is 21.4 Å². The summed E-state index contributed by atoms with van der Waals surface area (Å²) in [5, 5.41) is 8.21. The zero-order valence-corrected chi connectivity index (χ0v) is 18.0. The maximum absolute atomic E-state index is 12.5. The summed E-state index contributed by atoms with van der Waals surface area (Å²) >= 11 is 14.2. The molecule has 0 bridgehead atoms. The van der Waals surface area contributed by atoms with E-state index in [1.807, 2.05) is 24.3 Å². The van der Waals surface area contributed by atoms with Crippen LogP contribution in [0.4, 0.5) is 0 Å². The van der Waals surface area contributed by atoms with Crippen LogP contribution in [0, 0.1) is 3.57 Å². The Balaban J connectivity index is 1.70. The molecule has 140 valence electrons. The molecule has 0 saturated carbocycles. The lowest BCUT2D eigenvalue weighted by Gasteiger charge is -2.08. The molecule has 2 aromatic heterocycles. The summed E-state index contributed by atoms with van der Waals surface area (Å²) < 4.78 is 2.79. The van der Waals surface area contributed by atoms with Crippen LogP contribution in [0.25, 0.3) is 16.9 Å². The quantitative estimate of drug-likeness (QED) is 0.373. The van der Waals surface area contributed by atoms with E-state index < -0.39 is 0 Å². The van der Waals surface area contributed by atoms with Crippen LogP contribution in [-0.4, -0.2) is 20.5 Å². The Kier molecular flexibility index (Phi) is 5.52. The standard InChI is InChI=1S/C20H13Cl2IN4O/c21-14-5-1-13(2-6-14)20(28)24-11-16-19(12-3-7-15(23)8-4-12)25-18-10-9-17(22)26-27(16)18/h1-10H,11H2,(H,24,28). The van der Waals surface area contributed by atoms with Crippen molar-refractivity contribution in [3.8, 4) is 11.3 Å². The Labute approximate surface area is 184 Å². The number of hydrogen-bond donors (Lipinski definition) is 1. The minimum Gasteiger partial charge on any atom is -0.346 e. The van der Waals surface area contributed by atoms with E-state index in [0.717, 1.165) is 20.5 Å². The minimum absolute atomic E-state index is 0.206. The van der Waals surface area contributed by atoms with E-state index in [4.69, 9.17) is 23.2 Å². The topological polar surface area (TPSA) is 59.3 Å². The highest BCUT2D eigenvalue weighted by molar-refractivity contribution is 14.1. The molecule has 0 saturated heterocycles. The van der Waals surface area contributed by atoms with E-state index >= 15 is 0 Å². The highest BCUT2D eigenvalue weighted by atomic mass is 127. The van der Waals surface area contributed by atoms with Gasteiger partial charge < -0.3 is 5.32 Å². The minimum atomic E-state index is -0.206. The summed E-state index contributed by atoms with van der Waals surface area (Å²) in [6.07, 6.45) is 0. The van der Waals surface area contributed by atoms with Gasteiger partial charge in [0, 0.05) is 19.7 Å². The monoisotopic (exact) mass is 522 g/mol. The number of nitrogens with zero attached hydrogens (tertiary/aromatic N) is 3. The number of amides is 1. The molecule has 2 heterocycles. The molecule has 0 radical (unpaired) electrons. The summed E-state index contributed by atoms with van der Waals surface area (Å²) in [6, 6.07) is 18.2. The maximum atomic E-state index is 12.5. The number of halogens is 3. The number of carbonyl (C=O) groups is 1. The summed E-state index contributed by atoms with van der Waals surface area (Å²) in [4.78, 5) is 17.2. The van der Waals surface area contributed by atoms with Crippen LogP contribution < -0.4 is 5.32 Å². The Hall–Kier alpha value is -2.16. The van der Waals surface area contributed by atoms with E-state index in [2.05, 4.69) is 38.0 Å². The molecule has 0 aliphatic rings. The van der Waals surface area contributed by atoms with Crippen molar-refractivity contribution in [3.05, 3.63) is 85.7 Å². The number of imidazole rings is 1. The highest BCUT2D eigenvalue weighted by Gasteiger charge is 2.17. The van der Waals surface area contributed by atoms with Crippen molar-refractivity contribution in [2.75, 3.05) is 0 Å². The molecular formula is C20H13Cl2IN4O. The van der Waals surface area contributed by atoms with Crippen LogP contribution in [0.15, 0.2) is 60.7 Å². The molecule has 0 spiro atoms. The first-order valence-corrected chi connectivity index (χ1v) is 10.2. The molecule has 5 nitrogen and oxygen atoms in total. The van der Waals surface area contributed by atoms with Gasteiger partial charge in [0.25, 0.3) is 5.91 Å². The van der Waals surface area contributed by atoms with Gasteiger partial charge in [-0.3, -0.25) is 4.79 Å². The summed E-state index contributed by atoms with van der Waals surface area (Å²) in [5.74, 6) is -0.206. The fraction of sp³-hybridized carbons (Fsp3) is 0.0500. The maximum Gasteiger partial charge on any atom is 0.251 e. The van der Waals surface area contributed by atoms with Gasteiger partial charge in [-0.2, -0.15) is 5.10 Å². The smallest absolute Gasteiger partial charge is 0.251 e. The normalized spacial score (nSPS) is 11.0. The number of benzene rings is 2. The van der Waals surface area contributed by atoms with Crippen LogP contribution >= 0.6 is 45.8 Å². The van der Waals surface area contributed by atoms with Crippen LogP contribution in [0.2, 0.25) is 10.2 Å². The van der Waals surface area contributed by atoms with Crippen molar-refractivity contribution < 1.29 is 4.79 Å². The first-order chi connectivity index (χ1) is 13.5. The van der Waals surface area contributed by atoms with Gasteiger partial charge in [-0.25, -0.2) is 9.50 Å². The second-order valence-electron chi connectivity index (χ2n) is 6.03. The Morgan fingerprint density at radius 2 is 1.71 bits per heavy atom. The number of carbonyl (C=O) groups excluding carboxylic acids is 1. The Morgan fingerprint density at radius 1 is 1.00 bits per heavy atom. The largest absolute Gasteiger partial charge is 0.346 e. The molecule has 0 unspecified atom stereocenters. The first-order valence-electron chi connectivity index (χ1n) is 8.35. The van der Waals surface area contributed by atoms with Gasteiger partial charge in [0.05, 0.1) is 17.9 Å². The molecule has 1 amide bonds. The molecular weight excluding hydrogens is 510 g/mol. The average molecular weight is 523 g/mol. The Morgan fingerprint density at radius 3 is 2.43 bits per heavy atom. The molecule has 8 heteroatoms. The number of fused-ring (bicyclic) bond motifs is 1. The molecule has 0 fully saturated rings. The molecule has 4 rings (SSSR count). The van der Waals surface area contributed by atoms with E-state index in [1.54, 1.807) is 40.9 Å². The number of hydrogen-bond acceptors (Lipinski definition) is 3. The molecule has 28 heavy (non-hydrogen) atoms. The van der Waals surface area contributed by atoms with Crippen molar-refractivity contribution in [2.24, 2.45) is 0 Å². The van der Waals surface area contributed by atoms with Gasteiger partial charge in [-0.05, 0) is 71.1 Å². The summed E-state index contributed by atoms with van der Waals surface area (Å²) in [7, 11) is 0. The van der Waals surface area contributed by atoms with Crippen LogP contribution in [-0.2, 0) is 6.54 Å². The zero-order chi connectivity index (χ0) is 19.7. The van der Waals surface area contributed by atoms with Gasteiger partial charge in [0.15, 0.2) is 5.65 Å². The van der Waals surface area contributed by atoms with E-state index in [-0.39, 0.29) is 12.5 Å². The molecule has 2 aromatic carbocycles. The average Bonchev–Trinajstić information content (AvgIpc) is 3.05. The van der Waals surface area contributed by atoms with Crippen molar-refractivity contribution >= 4 is 57.3 Å². The summed E-state index contributed by atoms with van der Waals surface area (Å²) in [6.45, 7) is 0.247. The number of rotatable bonds is 4.